The lowest BCUT2D eigenvalue weighted by atomic mass is 10.2. The summed E-state index contributed by atoms with van der Waals surface area (Å²) in [5, 5.41) is 0. The normalized spacial score (nSPS) is 11.6. The van der Waals surface area contributed by atoms with Crippen LogP contribution in [0.4, 0.5) is 5.69 Å². The molecular formula is C16H17NO4S. The largest absolute Gasteiger partial charge is 0.497 e. The Labute approximate surface area is 130 Å². The van der Waals surface area contributed by atoms with E-state index in [0.29, 0.717) is 17.2 Å². The predicted molar refractivity (Wildman–Crippen MR) is 86.4 cm³/mol. The monoisotopic (exact) mass is 319 g/mol. The maximum atomic E-state index is 11.4. The Morgan fingerprint density at radius 2 is 1.68 bits per heavy atom. The second-order valence-corrected chi connectivity index (χ2v) is 6.65. The molecule has 2 rings (SSSR count). The molecule has 0 N–H and O–H groups in total. The molecule has 0 unspecified atom stereocenters. The van der Waals surface area contributed by atoms with Crippen molar-refractivity contribution >= 4 is 21.7 Å². The van der Waals surface area contributed by atoms with Crippen LogP contribution in [0, 0.1) is 0 Å². The van der Waals surface area contributed by atoms with Crippen LogP contribution in [-0.2, 0) is 9.84 Å². The van der Waals surface area contributed by atoms with Gasteiger partial charge in [0.25, 0.3) is 0 Å². The molecule has 0 atom stereocenters. The third kappa shape index (κ3) is 3.85. The van der Waals surface area contributed by atoms with Crippen LogP contribution >= 0.6 is 0 Å². The molecule has 5 nitrogen and oxygen atoms in total. The number of sulfone groups is 1. The molecule has 0 spiro atoms. The highest BCUT2D eigenvalue weighted by Crippen LogP contribution is 2.23. The lowest BCUT2D eigenvalue weighted by molar-refractivity contribution is 0.402. The van der Waals surface area contributed by atoms with E-state index < -0.39 is 9.84 Å². The lowest BCUT2D eigenvalue weighted by Gasteiger charge is -2.06. The maximum absolute atomic E-state index is 11.4. The molecule has 116 valence electrons. The summed E-state index contributed by atoms with van der Waals surface area (Å²) in [6, 6.07) is 11.8. The first kappa shape index (κ1) is 16.0. The van der Waals surface area contributed by atoms with Crippen molar-refractivity contribution < 1.29 is 17.9 Å². The van der Waals surface area contributed by atoms with E-state index in [0.717, 1.165) is 5.56 Å². The Morgan fingerprint density at radius 1 is 1.00 bits per heavy atom. The number of ether oxygens (including phenoxy) is 2. The molecular weight excluding hydrogens is 302 g/mol. The van der Waals surface area contributed by atoms with E-state index >= 15 is 0 Å². The van der Waals surface area contributed by atoms with Crippen molar-refractivity contribution in [1.29, 1.82) is 0 Å². The molecule has 0 saturated heterocycles. The van der Waals surface area contributed by atoms with Crippen LogP contribution in [0.5, 0.6) is 11.5 Å². The third-order valence-corrected chi connectivity index (χ3v) is 4.18. The second-order valence-electron chi connectivity index (χ2n) is 4.63. The molecule has 0 aliphatic carbocycles. The molecule has 0 bridgehead atoms. The average Bonchev–Trinajstić information content (AvgIpc) is 2.52. The third-order valence-electron chi connectivity index (χ3n) is 3.05. The van der Waals surface area contributed by atoms with Crippen molar-refractivity contribution in [3.05, 3.63) is 48.0 Å². The second kappa shape index (κ2) is 6.62. The van der Waals surface area contributed by atoms with Crippen molar-refractivity contribution in [1.82, 2.24) is 0 Å². The maximum Gasteiger partial charge on any atom is 0.175 e. The first-order valence-electron chi connectivity index (χ1n) is 6.50. The quantitative estimate of drug-likeness (QED) is 0.795. The minimum atomic E-state index is -3.19. The standard InChI is InChI=1S/C16H17NO4S/c1-20-14-6-9-16(21-2)12(10-14)11-17-13-4-7-15(8-5-13)22(3,18)19/h4-11H,1-3H3/b17-11+. The van der Waals surface area contributed by atoms with Crippen molar-refractivity contribution in [3.8, 4) is 11.5 Å². The van der Waals surface area contributed by atoms with Gasteiger partial charge in [-0.15, -0.1) is 0 Å². The Hall–Kier alpha value is -2.34. The molecule has 2 aromatic rings. The molecule has 0 saturated carbocycles. The number of hydrogen-bond acceptors (Lipinski definition) is 5. The van der Waals surface area contributed by atoms with Crippen molar-refractivity contribution in [3.63, 3.8) is 0 Å². The molecule has 0 aliphatic rings. The van der Waals surface area contributed by atoms with Crippen LogP contribution in [0.15, 0.2) is 52.4 Å². The Bertz CT molecular complexity index is 780. The first-order chi connectivity index (χ1) is 10.4. The summed E-state index contributed by atoms with van der Waals surface area (Å²) in [6.07, 6.45) is 2.82. The van der Waals surface area contributed by atoms with E-state index in [1.807, 2.05) is 6.07 Å². The molecule has 0 amide bonds. The van der Waals surface area contributed by atoms with Gasteiger partial charge in [0.1, 0.15) is 11.5 Å². The van der Waals surface area contributed by atoms with Gasteiger partial charge in [-0.05, 0) is 42.5 Å². The van der Waals surface area contributed by atoms with Gasteiger partial charge in [0.05, 0.1) is 24.8 Å². The number of rotatable bonds is 5. The van der Waals surface area contributed by atoms with Gasteiger partial charge in [-0.2, -0.15) is 0 Å². The molecule has 0 heterocycles. The highest BCUT2D eigenvalue weighted by Gasteiger charge is 2.06. The van der Waals surface area contributed by atoms with Gasteiger partial charge in [-0.25, -0.2) is 8.42 Å². The topological polar surface area (TPSA) is 65.0 Å². The summed E-state index contributed by atoms with van der Waals surface area (Å²) < 4.78 is 33.3. The Kier molecular flexibility index (Phi) is 4.82. The average molecular weight is 319 g/mol. The number of benzene rings is 2. The van der Waals surface area contributed by atoms with E-state index in [4.69, 9.17) is 9.47 Å². The SMILES string of the molecule is COc1ccc(OC)c(/C=N/c2ccc(S(C)(=O)=O)cc2)c1. The molecule has 0 aliphatic heterocycles. The Balaban J connectivity index is 2.28. The van der Waals surface area contributed by atoms with Crippen LogP contribution < -0.4 is 9.47 Å². The smallest absolute Gasteiger partial charge is 0.175 e. The summed E-state index contributed by atoms with van der Waals surface area (Å²) >= 11 is 0. The van der Waals surface area contributed by atoms with Gasteiger partial charge in [-0.3, -0.25) is 4.99 Å². The van der Waals surface area contributed by atoms with Gasteiger partial charge in [-0.1, -0.05) is 0 Å². The molecule has 22 heavy (non-hydrogen) atoms. The molecule has 0 fully saturated rings. The summed E-state index contributed by atoms with van der Waals surface area (Å²) in [5.74, 6) is 1.38. The number of nitrogens with zero attached hydrogens (tertiary/aromatic N) is 1. The van der Waals surface area contributed by atoms with Crippen LogP contribution in [-0.4, -0.2) is 35.1 Å². The molecule has 0 radical (unpaired) electrons. The van der Waals surface area contributed by atoms with Crippen molar-refractivity contribution in [2.24, 2.45) is 4.99 Å². The van der Waals surface area contributed by atoms with Crippen LogP contribution in [0.3, 0.4) is 0 Å². The van der Waals surface area contributed by atoms with Gasteiger partial charge >= 0.3 is 0 Å². The van der Waals surface area contributed by atoms with Crippen molar-refractivity contribution in [2.75, 3.05) is 20.5 Å². The zero-order valence-electron chi connectivity index (χ0n) is 12.6. The van der Waals surface area contributed by atoms with Gasteiger partial charge in [0.15, 0.2) is 9.84 Å². The van der Waals surface area contributed by atoms with Gasteiger partial charge in [0.2, 0.25) is 0 Å². The fraction of sp³-hybridized carbons (Fsp3) is 0.188. The molecule has 6 heteroatoms. The van der Waals surface area contributed by atoms with E-state index in [1.54, 1.807) is 44.7 Å². The Morgan fingerprint density at radius 3 is 2.23 bits per heavy atom. The molecule has 2 aromatic carbocycles. The minimum Gasteiger partial charge on any atom is -0.497 e. The van der Waals surface area contributed by atoms with Gasteiger partial charge < -0.3 is 9.47 Å². The number of aliphatic imine (C=N–C) groups is 1. The predicted octanol–water partition coefficient (Wildman–Crippen LogP) is 2.86. The zero-order chi connectivity index (χ0) is 16.2. The van der Waals surface area contributed by atoms with E-state index in [2.05, 4.69) is 4.99 Å². The number of methoxy groups -OCH3 is 2. The highest BCUT2D eigenvalue weighted by molar-refractivity contribution is 7.90. The summed E-state index contributed by atoms with van der Waals surface area (Å²) in [4.78, 5) is 4.60. The molecule has 0 aromatic heterocycles. The van der Waals surface area contributed by atoms with E-state index in [1.165, 1.54) is 18.4 Å². The fourth-order valence-electron chi connectivity index (χ4n) is 1.86. The lowest BCUT2D eigenvalue weighted by Crippen LogP contribution is -1.95. The highest BCUT2D eigenvalue weighted by atomic mass is 32.2. The van der Waals surface area contributed by atoms with Crippen LogP contribution in [0.25, 0.3) is 0 Å². The number of hydrogen-bond donors (Lipinski definition) is 0. The van der Waals surface area contributed by atoms with E-state index in [9.17, 15) is 8.42 Å². The first-order valence-corrected chi connectivity index (χ1v) is 8.39. The summed E-state index contributed by atoms with van der Waals surface area (Å²) in [6.45, 7) is 0. The van der Waals surface area contributed by atoms with Gasteiger partial charge in [0, 0.05) is 18.0 Å². The zero-order valence-corrected chi connectivity index (χ0v) is 13.4. The summed E-state index contributed by atoms with van der Waals surface area (Å²) in [7, 11) is -0.0215. The summed E-state index contributed by atoms with van der Waals surface area (Å²) in [5.41, 5.74) is 1.42. The minimum absolute atomic E-state index is 0.269. The van der Waals surface area contributed by atoms with Crippen molar-refractivity contribution in [2.45, 2.75) is 4.90 Å². The van der Waals surface area contributed by atoms with Crippen LogP contribution in [0.2, 0.25) is 0 Å². The van der Waals surface area contributed by atoms with E-state index in [-0.39, 0.29) is 4.90 Å². The van der Waals surface area contributed by atoms with Crippen LogP contribution in [0.1, 0.15) is 5.56 Å². The fourth-order valence-corrected chi connectivity index (χ4v) is 2.49.